The summed E-state index contributed by atoms with van der Waals surface area (Å²) in [7, 11) is 0. The van der Waals surface area contributed by atoms with E-state index in [2.05, 4.69) is 38.6 Å². The molecule has 0 aliphatic carbocycles. The second-order valence-electron chi connectivity index (χ2n) is 5.69. The van der Waals surface area contributed by atoms with Gasteiger partial charge < -0.3 is 9.88 Å². The Hall–Kier alpha value is -1.62. The molecule has 0 radical (unpaired) electrons. The largest absolute Gasteiger partial charge is 0.352 e. The summed E-state index contributed by atoms with van der Waals surface area (Å²) >= 11 is 1.76. The molecule has 1 atom stereocenters. The van der Waals surface area contributed by atoms with Crippen LogP contribution in [0.4, 0.5) is 0 Å². The highest BCUT2D eigenvalue weighted by Gasteiger charge is 2.20. The van der Waals surface area contributed by atoms with Crippen molar-refractivity contribution < 1.29 is 4.79 Å². The van der Waals surface area contributed by atoms with Crippen LogP contribution in [-0.2, 0) is 24.2 Å². The number of hydrogen-bond donors (Lipinski definition) is 1. The van der Waals surface area contributed by atoms with E-state index in [-0.39, 0.29) is 11.9 Å². The van der Waals surface area contributed by atoms with Gasteiger partial charge >= 0.3 is 0 Å². The van der Waals surface area contributed by atoms with Gasteiger partial charge in [0.25, 0.3) is 0 Å². The molecule has 0 unspecified atom stereocenters. The molecule has 1 aliphatic heterocycles. The number of thiophene rings is 1. The molecule has 0 spiro atoms. The van der Waals surface area contributed by atoms with E-state index in [0.717, 1.165) is 43.7 Å². The minimum absolute atomic E-state index is 0.178. The van der Waals surface area contributed by atoms with E-state index in [4.69, 9.17) is 0 Å². The van der Waals surface area contributed by atoms with Gasteiger partial charge in [-0.3, -0.25) is 4.79 Å². The fourth-order valence-corrected chi connectivity index (χ4v) is 3.63. The van der Waals surface area contributed by atoms with E-state index in [0.29, 0.717) is 6.42 Å². The molecular formula is C16H21N3OS. The van der Waals surface area contributed by atoms with Gasteiger partial charge in [0.15, 0.2) is 0 Å². The highest BCUT2D eigenvalue weighted by atomic mass is 32.1. The Kier molecular flexibility index (Phi) is 4.39. The first-order chi connectivity index (χ1) is 10.2. The lowest BCUT2D eigenvalue weighted by atomic mass is 10.1. The maximum atomic E-state index is 12.0. The number of aryl methyl sites for hydroxylation is 3. The molecule has 0 saturated carbocycles. The summed E-state index contributed by atoms with van der Waals surface area (Å²) in [6.45, 7) is 2.87. The Morgan fingerprint density at radius 1 is 1.57 bits per heavy atom. The lowest BCUT2D eigenvalue weighted by Crippen LogP contribution is -2.40. The van der Waals surface area contributed by atoms with Crippen LogP contribution in [0.15, 0.2) is 23.7 Å². The van der Waals surface area contributed by atoms with Crippen molar-refractivity contribution in [1.29, 1.82) is 0 Å². The van der Waals surface area contributed by atoms with Crippen LogP contribution in [0, 0.1) is 6.92 Å². The average molecular weight is 303 g/mol. The van der Waals surface area contributed by atoms with Crippen LogP contribution in [-0.4, -0.2) is 21.5 Å². The monoisotopic (exact) mass is 303 g/mol. The SMILES string of the molecule is Cc1cn2c(n1)CC[C@H](NC(=O)CCCc1cccs1)C2. The van der Waals surface area contributed by atoms with Gasteiger partial charge in [-0.25, -0.2) is 4.98 Å². The minimum Gasteiger partial charge on any atom is -0.352 e. The molecule has 1 aliphatic rings. The molecule has 1 N–H and O–H groups in total. The molecule has 2 aromatic rings. The molecule has 112 valence electrons. The molecule has 0 saturated heterocycles. The van der Waals surface area contributed by atoms with E-state index in [9.17, 15) is 4.79 Å². The number of carbonyl (C=O) groups is 1. The van der Waals surface area contributed by atoms with Gasteiger partial charge in [-0.15, -0.1) is 11.3 Å². The number of rotatable bonds is 5. The quantitative estimate of drug-likeness (QED) is 0.923. The lowest BCUT2D eigenvalue weighted by molar-refractivity contribution is -0.122. The molecule has 3 heterocycles. The molecule has 21 heavy (non-hydrogen) atoms. The predicted octanol–water partition coefficient (Wildman–Crippen LogP) is 2.71. The third-order valence-electron chi connectivity index (χ3n) is 3.89. The molecule has 5 heteroatoms. The van der Waals surface area contributed by atoms with Crippen molar-refractivity contribution in [3.05, 3.63) is 40.1 Å². The van der Waals surface area contributed by atoms with Crippen molar-refractivity contribution in [3.63, 3.8) is 0 Å². The summed E-state index contributed by atoms with van der Waals surface area (Å²) in [4.78, 5) is 17.9. The summed E-state index contributed by atoms with van der Waals surface area (Å²) in [6, 6.07) is 4.44. The van der Waals surface area contributed by atoms with Crippen LogP contribution in [0.3, 0.4) is 0 Å². The van der Waals surface area contributed by atoms with Crippen molar-refractivity contribution in [2.24, 2.45) is 0 Å². The van der Waals surface area contributed by atoms with Crippen LogP contribution in [0.1, 0.15) is 35.7 Å². The van der Waals surface area contributed by atoms with E-state index >= 15 is 0 Å². The number of aromatic nitrogens is 2. The van der Waals surface area contributed by atoms with Crippen LogP contribution < -0.4 is 5.32 Å². The summed E-state index contributed by atoms with van der Waals surface area (Å²) in [5, 5.41) is 5.25. The Morgan fingerprint density at radius 3 is 3.29 bits per heavy atom. The highest BCUT2D eigenvalue weighted by molar-refractivity contribution is 7.09. The highest BCUT2D eigenvalue weighted by Crippen LogP contribution is 2.16. The average Bonchev–Trinajstić information content (AvgIpc) is 3.06. The molecule has 0 aromatic carbocycles. The maximum Gasteiger partial charge on any atom is 0.220 e. The zero-order chi connectivity index (χ0) is 14.7. The van der Waals surface area contributed by atoms with Crippen LogP contribution in [0.25, 0.3) is 0 Å². The number of imidazole rings is 1. The van der Waals surface area contributed by atoms with Crippen molar-refractivity contribution in [2.45, 2.75) is 51.6 Å². The van der Waals surface area contributed by atoms with E-state index < -0.39 is 0 Å². The lowest BCUT2D eigenvalue weighted by Gasteiger charge is -2.24. The standard InChI is InChI=1S/C16H21N3OS/c1-12-10-19-11-13(7-8-15(19)17-12)18-16(20)6-2-4-14-5-3-9-21-14/h3,5,9-10,13H,2,4,6-8,11H2,1H3,(H,18,20)/t13-/m0/s1. The van der Waals surface area contributed by atoms with Crippen molar-refractivity contribution in [1.82, 2.24) is 14.9 Å². The third kappa shape index (κ3) is 3.73. The van der Waals surface area contributed by atoms with E-state index in [1.165, 1.54) is 4.88 Å². The Balaban J connectivity index is 1.43. The van der Waals surface area contributed by atoms with Crippen LogP contribution >= 0.6 is 11.3 Å². The summed E-state index contributed by atoms with van der Waals surface area (Å²) in [6.07, 6.45) is 6.56. The number of fused-ring (bicyclic) bond motifs is 1. The smallest absolute Gasteiger partial charge is 0.220 e. The number of nitrogens with zero attached hydrogens (tertiary/aromatic N) is 2. The van der Waals surface area contributed by atoms with Crippen LogP contribution in [0.2, 0.25) is 0 Å². The molecule has 4 nitrogen and oxygen atoms in total. The zero-order valence-electron chi connectivity index (χ0n) is 12.3. The molecule has 3 rings (SSSR count). The van der Waals surface area contributed by atoms with Crippen LogP contribution in [0.5, 0.6) is 0 Å². The fourth-order valence-electron chi connectivity index (χ4n) is 2.88. The second-order valence-corrected chi connectivity index (χ2v) is 6.72. The molecule has 1 amide bonds. The molecule has 0 fully saturated rings. The first-order valence-electron chi connectivity index (χ1n) is 7.55. The molecule has 0 bridgehead atoms. The summed E-state index contributed by atoms with van der Waals surface area (Å²) in [5.41, 5.74) is 1.06. The molecule has 2 aromatic heterocycles. The predicted molar refractivity (Wildman–Crippen MR) is 84.5 cm³/mol. The number of carbonyl (C=O) groups excluding carboxylic acids is 1. The van der Waals surface area contributed by atoms with Crippen molar-refractivity contribution in [2.75, 3.05) is 0 Å². The zero-order valence-corrected chi connectivity index (χ0v) is 13.2. The van der Waals surface area contributed by atoms with Gasteiger partial charge in [-0.2, -0.15) is 0 Å². The maximum absolute atomic E-state index is 12.0. The molecular weight excluding hydrogens is 282 g/mol. The summed E-state index contributed by atoms with van der Waals surface area (Å²) < 4.78 is 2.18. The Labute approximate surface area is 129 Å². The van der Waals surface area contributed by atoms with Gasteiger partial charge in [0, 0.05) is 36.5 Å². The van der Waals surface area contributed by atoms with Gasteiger partial charge in [-0.1, -0.05) is 6.07 Å². The number of hydrogen-bond acceptors (Lipinski definition) is 3. The van der Waals surface area contributed by atoms with Gasteiger partial charge in [0.1, 0.15) is 5.82 Å². The Bertz CT molecular complexity index is 603. The topological polar surface area (TPSA) is 46.9 Å². The second kappa shape index (κ2) is 6.43. The summed E-state index contributed by atoms with van der Waals surface area (Å²) in [5.74, 6) is 1.33. The fraction of sp³-hybridized carbons (Fsp3) is 0.500. The van der Waals surface area contributed by atoms with Gasteiger partial charge in [0.05, 0.1) is 5.69 Å². The first kappa shape index (κ1) is 14.3. The van der Waals surface area contributed by atoms with Gasteiger partial charge in [-0.05, 0) is 37.6 Å². The normalized spacial score (nSPS) is 17.5. The van der Waals surface area contributed by atoms with E-state index in [1.54, 1.807) is 11.3 Å². The number of amides is 1. The van der Waals surface area contributed by atoms with Gasteiger partial charge in [0.2, 0.25) is 5.91 Å². The van der Waals surface area contributed by atoms with Crippen molar-refractivity contribution >= 4 is 17.2 Å². The minimum atomic E-state index is 0.178. The number of nitrogens with one attached hydrogen (secondary N) is 1. The third-order valence-corrected chi connectivity index (χ3v) is 4.82. The van der Waals surface area contributed by atoms with E-state index in [1.807, 2.05) is 6.92 Å². The Morgan fingerprint density at radius 2 is 2.48 bits per heavy atom. The first-order valence-corrected chi connectivity index (χ1v) is 8.43. The van der Waals surface area contributed by atoms with Crippen molar-refractivity contribution in [3.8, 4) is 0 Å².